The van der Waals surface area contributed by atoms with Crippen molar-refractivity contribution in [2.75, 3.05) is 13.1 Å². The lowest BCUT2D eigenvalue weighted by Crippen LogP contribution is -2.38. The fourth-order valence-electron chi connectivity index (χ4n) is 3.13. The number of rotatable bonds is 5. The van der Waals surface area contributed by atoms with Crippen LogP contribution in [0.5, 0.6) is 0 Å². The molecule has 0 bridgehead atoms. The molecular weight excluding hydrogens is 310 g/mol. The van der Waals surface area contributed by atoms with Gasteiger partial charge in [-0.15, -0.1) is 0 Å². The lowest BCUT2D eigenvalue weighted by Gasteiger charge is -2.30. The van der Waals surface area contributed by atoms with E-state index in [9.17, 15) is 8.42 Å². The Morgan fingerprint density at radius 2 is 1.87 bits per heavy atom. The topological polar surface area (TPSA) is 55.2 Å². The normalized spacial score (nSPS) is 17.4. The largest absolute Gasteiger partial charge is 0.274 e. The third-order valence-electron chi connectivity index (χ3n) is 4.58. The number of nitrogens with zero attached hydrogens (tertiary/aromatic N) is 3. The molecule has 0 atom stereocenters. The van der Waals surface area contributed by atoms with Crippen molar-refractivity contribution in [3.63, 3.8) is 0 Å². The maximum atomic E-state index is 12.6. The van der Waals surface area contributed by atoms with Crippen LogP contribution in [-0.4, -0.2) is 35.6 Å². The van der Waals surface area contributed by atoms with Gasteiger partial charge in [0.05, 0.1) is 6.20 Å². The summed E-state index contributed by atoms with van der Waals surface area (Å²) in [5.41, 5.74) is 1.36. The number of hydrogen-bond acceptors (Lipinski definition) is 3. The van der Waals surface area contributed by atoms with Crippen LogP contribution in [0.15, 0.2) is 47.6 Å². The summed E-state index contributed by atoms with van der Waals surface area (Å²) >= 11 is 0. The summed E-state index contributed by atoms with van der Waals surface area (Å²) in [5.74, 6) is 0.607. The van der Waals surface area contributed by atoms with Crippen molar-refractivity contribution in [1.29, 1.82) is 0 Å². The van der Waals surface area contributed by atoms with E-state index in [0.717, 1.165) is 25.7 Å². The molecule has 1 saturated heterocycles. The Kier molecular flexibility index (Phi) is 4.82. The minimum Gasteiger partial charge on any atom is -0.274 e. The van der Waals surface area contributed by atoms with Gasteiger partial charge in [-0.1, -0.05) is 30.3 Å². The Bertz CT molecular complexity index is 732. The molecule has 0 saturated carbocycles. The van der Waals surface area contributed by atoms with Gasteiger partial charge in [-0.2, -0.15) is 9.40 Å². The van der Waals surface area contributed by atoms with Gasteiger partial charge in [-0.3, -0.25) is 4.68 Å². The van der Waals surface area contributed by atoms with Crippen LogP contribution in [0.25, 0.3) is 0 Å². The van der Waals surface area contributed by atoms with Crippen molar-refractivity contribution < 1.29 is 8.42 Å². The zero-order valence-corrected chi connectivity index (χ0v) is 14.2. The quantitative estimate of drug-likeness (QED) is 0.844. The van der Waals surface area contributed by atoms with Crippen molar-refractivity contribution in [3.8, 4) is 0 Å². The van der Waals surface area contributed by atoms with Crippen molar-refractivity contribution in [2.24, 2.45) is 13.0 Å². The molecule has 1 aliphatic heterocycles. The maximum absolute atomic E-state index is 12.6. The summed E-state index contributed by atoms with van der Waals surface area (Å²) in [6.07, 6.45) is 7.07. The molecule has 2 aromatic rings. The van der Waals surface area contributed by atoms with E-state index in [1.165, 1.54) is 16.4 Å². The molecule has 1 aromatic carbocycles. The summed E-state index contributed by atoms with van der Waals surface area (Å²) in [6.45, 7) is 1.22. The van der Waals surface area contributed by atoms with Crippen molar-refractivity contribution in [3.05, 3.63) is 48.3 Å². The second-order valence-corrected chi connectivity index (χ2v) is 8.16. The summed E-state index contributed by atoms with van der Waals surface area (Å²) in [7, 11) is -1.65. The van der Waals surface area contributed by atoms with E-state index in [1.807, 2.05) is 6.07 Å². The molecule has 0 N–H and O–H groups in total. The summed E-state index contributed by atoms with van der Waals surface area (Å²) in [4.78, 5) is 0.294. The number of benzene rings is 1. The molecule has 0 aliphatic carbocycles. The first-order valence-corrected chi connectivity index (χ1v) is 9.52. The molecular formula is C17H23N3O2S. The van der Waals surface area contributed by atoms with Crippen molar-refractivity contribution in [1.82, 2.24) is 14.1 Å². The smallest absolute Gasteiger partial charge is 0.246 e. The Hall–Kier alpha value is -1.66. The lowest BCUT2D eigenvalue weighted by atomic mass is 9.91. The molecule has 3 rings (SSSR count). The van der Waals surface area contributed by atoms with Crippen LogP contribution in [0.4, 0.5) is 0 Å². The number of hydrogen-bond donors (Lipinski definition) is 0. The summed E-state index contributed by atoms with van der Waals surface area (Å²) in [5, 5.41) is 3.97. The van der Waals surface area contributed by atoms with Gasteiger partial charge in [0, 0.05) is 26.3 Å². The third-order valence-corrected chi connectivity index (χ3v) is 6.43. The van der Waals surface area contributed by atoms with Crippen LogP contribution < -0.4 is 0 Å². The number of aromatic nitrogens is 2. The molecule has 5 nitrogen and oxygen atoms in total. The summed E-state index contributed by atoms with van der Waals surface area (Å²) in [6, 6.07) is 10.5. The minimum absolute atomic E-state index is 0.294. The van der Waals surface area contributed by atoms with Gasteiger partial charge in [0.2, 0.25) is 10.0 Å². The standard InChI is InChI=1S/C17H23N3O2S/c1-19-14-17(13-18-19)23(21,22)20-11-9-16(10-12-20)8-7-15-5-3-2-4-6-15/h2-6,13-14,16H,7-12H2,1H3. The zero-order chi connectivity index (χ0) is 16.3. The third kappa shape index (κ3) is 3.82. The lowest BCUT2D eigenvalue weighted by molar-refractivity contribution is 0.263. The van der Waals surface area contributed by atoms with Crippen molar-refractivity contribution in [2.45, 2.75) is 30.6 Å². The molecule has 6 heteroatoms. The van der Waals surface area contributed by atoms with Crippen LogP contribution in [0.3, 0.4) is 0 Å². The molecule has 124 valence electrons. The van der Waals surface area contributed by atoms with E-state index in [4.69, 9.17) is 0 Å². The molecule has 0 radical (unpaired) electrons. The second kappa shape index (κ2) is 6.84. The zero-order valence-electron chi connectivity index (χ0n) is 13.4. The second-order valence-electron chi connectivity index (χ2n) is 6.22. The predicted octanol–water partition coefficient (Wildman–Crippen LogP) is 2.45. The van der Waals surface area contributed by atoms with Gasteiger partial charge < -0.3 is 0 Å². The molecule has 0 amide bonds. The van der Waals surface area contributed by atoms with Crippen molar-refractivity contribution >= 4 is 10.0 Å². The van der Waals surface area contributed by atoms with Crippen LogP contribution in [0.2, 0.25) is 0 Å². The van der Waals surface area contributed by atoms with E-state index < -0.39 is 10.0 Å². The van der Waals surface area contributed by atoms with Gasteiger partial charge in [0.15, 0.2) is 0 Å². The Labute approximate surface area is 138 Å². The van der Waals surface area contributed by atoms with Gasteiger partial charge in [-0.05, 0) is 37.2 Å². The SMILES string of the molecule is Cn1cc(S(=O)(=O)N2CCC(CCc3ccccc3)CC2)cn1. The van der Waals surface area contributed by atoms with Crippen LogP contribution in [-0.2, 0) is 23.5 Å². The molecule has 0 unspecified atom stereocenters. The number of sulfonamides is 1. The average molecular weight is 333 g/mol. The Morgan fingerprint density at radius 3 is 2.48 bits per heavy atom. The Morgan fingerprint density at radius 1 is 1.17 bits per heavy atom. The van der Waals surface area contributed by atoms with Gasteiger partial charge >= 0.3 is 0 Å². The fraction of sp³-hybridized carbons (Fsp3) is 0.471. The van der Waals surface area contributed by atoms with Gasteiger partial charge in [0.25, 0.3) is 0 Å². The first kappa shape index (κ1) is 16.2. The van der Waals surface area contributed by atoms with E-state index in [0.29, 0.717) is 23.9 Å². The average Bonchev–Trinajstić information content (AvgIpc) is 3.02. The van der Waals surface area contributed by atoms with Crippen LogP contribution in [0, 0.1) is 5.92 Å². The van der Waals surface area contributed by atoms with E-state index in [1.54, 1.807) is 17.5 Å². The fourth-order valence-corrected chi connectivity index (χ4v) is 4.59. The van der Waals surface area contributed by atoms with Crippen LogP contribution in [0.1, 0.15) is 24.8 Å². The molecule has 0 spiro atoms. The highest BCUT2D eigenvalue weighted by atomic mass is 32.2. The summed E-state index contributed by atoms with van der Waals surface area (Å²) < 4.78 is 28.2. The molecule has 2 heterocycles. The van der Waals surface area contributed by atoms with E-state index in [-0.39, 0.29) is 0 Å². The molecule has 1 fully saturated rings. The first-order chi connectivity index (χ1) is 11.1. The molecule has 23 heavy (non-hydrogen) atoms. The minimum atomic E-state index is -3.38. The Balaban J connectivity index is 1.54. The highest BCUT2D eigenvalue weighted by Crippen LogP contribution is 2.26. The highest BCUT2D eigenvalue weighted by molar-refractivity contribution is 7.89. The van der Waals surface area contributed by atoms with Gasteiger partial charge in [-0.25, -0.2) is 8.42 Å². The first-order valence-electron chi connectivity index (χ1n) is 8.08. The van der Waals surface area contributed by atoms with Gasteiger partial charge in [0.1, 0.15) is 4.90 Å². The monoisotopic (exact) mass is 333 g/mol. The number of aryl methyl sites for hydroxylation is 2. The number of piperidine rings is 1. The highest BCUT2D eigenvalue weighted by Gasteiger charge is 2.30. The molecule has 1 aliphatic rings. The van der Waals surface area contributed by atoms with Crippen LogP contribution >= 0.6 is 0 Å². The molecule has 1 aromatic heterocycles. The predicted molar refractivity (Wildman–Crippen MR) is 89.5 cm³/mol. The van der Waals surface area contributed by atoms with E-state index in [2.05, 4.69) is 29.4 Å². The maximum Gasteiger partial charge on any atom is 0.246 e. The van der Waals surface area contributed by atoms with E-state index >= 15 is 0 Å².